The van der Waals surface area contributed by atoms with Crippen molar-refractivity contribution in [2.75, 3.05) is 5.32 Å². The lowest BCUT2D eigenvalue weighted by Crippen LogP contribution is -2.07. The van der Waals surface area contributed by atoms with Crippen LogP contribution in [0.2, 0.25) is 0 Å². The van der Waals surface area contributed by atoms with Crippen molar-refractivity contribution < 1.29 is 0 Å². The molecule has 1 aliphatic rings. The van der Waals surface area contributed by atoms with E-state index < -0.39 is 0 Å². The Bertz CT molecular complexity index is 502. The van der Waals surface area contributed by atoms with Gasteiger partial charge in [0.1, 0.15) is 0 Å². The van der Waals surface area contributed by atoms with E-state index in [-0.39, 0.29) is 0 Å². The summed E-state index contributed by atoms with van der Waals surface area (Å²) in [5.41, 5.74) is 1.11. The number of para-hydroxylation sites is 1. The van der Waals surface area contributed by atoms with Gasteiger partial charge in [-0.25, -0.2) is 4.98 Å². The maximum absolute atomic E-state index is 4.34. The minimum absolute atomic E-state index is 0.614. The van der Waals surface area contributed by atoms with Gasteiger partial charge in [-0.1, -0.05) is 12.1 Å². The number of halogens is 1. The highest BCUT2D eigenvalue weighted by molar-refractivity contribution is 9.10. The van der Waals surface area contributed by atoms with Crippen molar-refractivity contribution in [3.05, 3.63) is 41.1 Å². The quantitative estimate of drug-likeness (QED) is 0.934. The third-order valence-electron chi connectivity index (χ3n) is 2.66. The summed E-state index contributed by atoms with van der Waals surface area (Å²) in [6.07, 6.45) is 6.31. The standard InChI is InChI=1S/C12H12BrN3/c13-10-3-1-2-4-11(10)16-8-7-14-12(16)15-9-5-6-9/h1-4,7-9H,5-6H2,(H,14,15). The van der Waals surface area contributed by atoms with Crippen molar-refractivity contribution in [2.24, 2.45) is 0 Å². The van der Waals surface area contributed by atoms with Crippen LogP contribution >= 0.6 is 15.9 Å². The number of aromatic nitrogens is 2. The SMILES string of the molecule is Brc1ccccc1-n1ccnc1NC1CC1. The molecule has 1 aliphatic carbocycles. The highest BCUT2D eigenvalue weighted by Gasteiger charge is 2.22. The molecule has 1 aromatic heterocycles. The minimum atomic E-state index is 0.614. The van der Waals surface area contributed by atoms with Crippen LogP contribution in [-0.4, -0.2) is 15.6 Å². The van der Waals surface area contributed by atoms with Crippen LogP contribution in [0.25, 0.3) is 5.69 Å². The van der Waals surface area contributed by atoms with Crippen LogP contribution < -0.4 is 5.32 Å². The topological polar surface area (TPSA) is 29.9 Å². The van der Waals surface area contributed by atoms with Gasteiger partial charge in [-0.15, -0.1) is 0 Å². The number of hydrogen-bond acceptors (Lipinski definition) is 2. The molecule has 16 heavy (non-hydrogen) atoms. The molecule has 1 heterocycles. The largest absolute Gasteiger partial charge is 0.353 e. The molecule has 0 bridgehead atoms. The van der Waals surface area contributed by atoms with E-state index in [1.165, 1.54) is 12.8 Å². The smallest absolute Gasteiger partial charge is 0.207 e. The number of benzene rings is 1. The summed E-state index contributed by atoms with van der Waals surface area (Å²) in [4.78, 5) is 4.34. The van der Waals surface area contributed by atoms with E-state index in [1.54, 1.807) is 0 Å². The average molecular weight is 278 g/mol. The molecular weight excluding hydrogens is 266 g/mol. The molecule has 1 saturated carbocycles. The van der Waals surface area contributed by atoms with Crippen LogP contribution in [0, 0.1) is 0 Å². The molecule has 2 aromatic rings. The zero-order valence-corrected chi connectivity index (χ0v) is 10.3. The Kier molecular flexibility index (Phi) is 2.44. The van der Waals surface area contributed by atoms with Crippen molar-refractivity contribution in [1.82, 2.24) is 9.55 Å². The van der Waals surface area contributed by atoms with E-state index in [0.717, 1.165) is 16.1 Å². The van der Waals surface area contributed by atoms with E-state index in [9.17, 15) is 0 Å². The van der Waals surface area contributed by atoms with E-state index in [4.69, 9.17) is 0 Å². The molecule has 1 fully saturated rings. The Balaban J connectivity index is 1.99. The van der Waals surface area contributed by atoms with E-state index >= 15 is 0 Å². The monoisotopic (exact) mass is 277 g/mol. The maximum Gasteiger partial charge on any atom is 0.207 e. The lowest BCUT2D eigenvalue weighted by molar-refractivity contribution is 0.998. The van der Waals surface area contributed by atoms with Gasteiger partial charge in [0, 0.05) is 22.9 Å². The van der Waals surface area contributed by atoms with E-state index in [0.29, 0.717) is 6.04 Å². The van der Waals surface area contributed by atoms with Gasteiger partial charge in [-0.2, -0.15) is 0 Å². The van der Waals surface area contributed by atoms with Crippen LogP contribution in [0.3, 0.4) is 0 Å². The first-order valence-electron chi connectivity index (χ1n) is 5.39. The predicted octanol–water partition coefficient (Wildman–Crippen LogP) is 3.21. The second kappa shape index (κ2) is 3.94. The number of imidazole rings is 1. The number of rotatable bonds is 3. The molecule has 3 rings (SSSR count). The van der Waals surface area contributed by atoms with Gasteiger partial charge >= 0.3 is 0 Å². The van der Waals surface area contributed by atoms with E-state index in [1.807, 2.05) is 30.6 Å². The van der Waals surface area contributed by atoms with Gasteiger partial charge in [-0.05, 0) is 40.9 Å². The molecule has 0 aliphatic heterocycles. The summed E-state index contributed by atoms with van der Waals surface area (Å²) >= 11 is 3.56. The van der Waals surface area contributed by atoms with Gasteiger partial charge in [0.05, 0.1) is 5.69 Å². The first-order valence-corrected chi connectivity index (χ1v) is 6.19. The summed E-state index contributed by atoms with van der Waals surface area (Å²) < 4.78 is 3.15. The molecule has 0 unspecified atom stereocenters. The van der Waals surface area contributed by atoms with Gasteiger partial charge in [0.2, 0.25) is 5.95 Å². The van der Waals surface area contributed by atoms with Gasteiger partial charge in [-0.3, -0.25) is 4.57 Å². The first kappa shape index (κ1) is 9.90. The summed E-state index contributed by atoms with van der Waals surface area (Å²) in [7, 11) is 0. The molecule has 0 amide bonds. The predicted molar refractivity (Wildman–Crippen MR) is 67.9 cm³/mol. The van der Waals surface area contributed by atoms with Crippen molar-refractivity contribution >= 4 is 21.9 Å². The second-order valence-corrected chi connectivity index (χ2v) is 4.85. The van der Waals surface area contributed by atoms with Gasteiger partial charge in [0.15, 0.2) is 0 Å². The van der Waals surface area contributed by atoms with Gasteiger partial charge in [0.25, 0.3) is 0 Å². The number of hydrogen-bond donors (Lipinski definition) is 1. The number of nitrogens with one attached hydrogen (secondary N) is 1. The minimum Gasteiger partial charge on any atom is -0.353 e. The Hall–Kier alpha value is -1.29. The second-order valence-electron chi connectivity index (χ2n) is 3.99. The average Bonchev–Trinajstić information content (AvgIpc) is 2.97. The molecule has 0 spiro atoms. The number of anilines is 1. The van der Waals surface area contributed by atoms with Crippen LogP contribution in [-0.2, 0) is 0 Å². The Morgan fingerprint density at radius 3 is 2.88 bits per heavy atom. The Labute approximate surface area is 103 Å². The highest BCUT2D eigenvalue weighted by atomic mass is 79.9. The van der Waals surface area contributed by atoms with E-state index in [2.05, 4.69) is 36.9 Å². The third kappa shape index (κ3) is 1.85. The zero-order valence-electron chi connectivity index (χ0n) is 8.73. The van der Waals surface area contributed by atoms with Crippen molar-refractivity contribution in [3.63, 3.8) is 0 Å². The zero-order chi connectivity index (χ0) is 11.0. The fourth-order valence-electron chi connectivity index (χ4n) is 1.66. The molecule has 4 heteroatoms. The molecule has 1 aromatic carbocycles. The maximum atomic E-state index is 4.34. The molecule has 3 nitrogen and oxygen atoms in total. The molecule has 0 radical (unpaired) electrons. The normalized spacial score (nSPS) is 15.1. The fourth-order valence-corrected chi connectivity index (χ4v) is 2.14. The molecule has 82 valence electrons. The van der Waals surface area contributed by atoms with Crippen LogP contribution in [0.4, 0.5) is 5.95 Å². The molecular formula is C12H12BrN3. The Morgan fingerprint density at radius 2 is 2.12 bits per heavy atom. The van der Waals surface area contributed by atoms with Crippen molar-refractivity contribution in [3.8, 4) is 5.69 Å². The third-order valence-corrected chi connectivity index (χ3v) is 3.33. The lowest BCUT2D eigenvalue weighted by Gasteiger charge is -2.10. The first-order chi connectivity index (χ1) is 7.84. The summed E-state index contributed by atoms with van der Waals surface area (Å²) in [6, 6.07) is 8.77. The number of nitrogens with zero attached hydrogens (tertiary/aromatic N) is 2. The lowest BCUT2D eigenvalue weighted by atomic mass is 10.3. The van der Waals surface area contributed by atoms with Crippen molar-refractivity contribution in [2.45, 2.75) is 18.9 Å². The fraction of sp³-hybridized carbons (Fsp3) is 0.250. The van der Waals surface area contributed by atoms with Crippen LogP contribution in [0.15, 0.2) is 41.1 Å². The highest BCUT2D eigenvalue weighted by Crippen LogP contribution is 2.27. The van der Waals surface area contributed by atoms with Gasteiger partial charge < -0.3 is 5.32 Å². The Morgan fingerprint density at radius 1 is 1.31 bits per heavy atom. The summed E-state index contributed by atoms with van der Waals surface area (Å²) in [5, 5.41) is 3.42. The molecule has 0 saturated heterocycles. The summed E-state index contributed by atoms with van der Waals surface area (Å²) in [6.45, 7) is 0. The molecule has 1 N–H and O–H groups in total. The summed E-state index contributed by atoms with van der Waals surface area (Å²) in [5.74, 6) is 0.925. The van der Waals surface area contributed by atoms with Crippen molar-refractivity contribution in [1.29, 1.82) is 0 Å². The van der Waals surface area contributed by atoms with Crippen LogP contribution in [0.5, 0.6) is 0 Å². The molecule has 0 atom stereocenters. The van der Waals surface area contributed by atoms with Crippen LogP contribution in [0.1, 0.15) is 12.8 Å².